The minimum Gasteiger partial charge on any atom is -0.545 e. The van der Waals surface area contributed by atoms with Crippen molar-refractivity contribution < 1.29 is 20.1 Å². The van der Waals surface area contributed by atoms with E-state index in [1.165, 1.54) is 13.8 Å². The number of carbonyl (C=O) groups is 1. The van der Waals surface area contributed by atoms with Crippen LogP contribution in [0.3, 0.4) is 0 Å². The number of aliphatic carboxylic acids is 1. The SMILES string of the molecule is CCC(O)(O)/C=C(\C)C(=O)[O-]. The number of aliphatic hydroxyl groups is 2. The van der Waals surface area contributed by atoms with Crippen LogP contribution in [-0.2, 0) is 4.79 Å². The van der Waals surface area contributed by atoms with Crippen LogP contribution in [0.4, 0.5) is 0 Å². The molecule has 0 aliphatic carbocycles. The third-order valence-electron chi connectivity index (χ3n) is 1.29. The minimum absolute atomic E-state index is 0.0393. The van der Waals surface area contributed by atoms with Crippen molar-refractivity contribution in [1.29, 1.82) is 0 Å². The first-order chi connectivity index (χ1) is 4.89. The van der Waals surface area contributed by atoms with Gasteiger partial charge in [0.05, 0.1) is 5.97 Å². The molecule has 0 unspecified atom stereocenters. The van der Waals surface area contributed by atoms with Crippen molar-refractivity contribution in [3.8, 4) is 0 Å². The Kier molecular flexibility index (Phi) is 3.22. The predicted molar refractivity (Wildman–Crippen MR) is 36.2 cm³/mol. The van der Waals surface area contributed by atoms with Crippen LogP contribution in [0.1, 0.15) is 20.3 Å². The molecule has 0 saturated heterocycles. The van der Waals surface area contributed by atoms with Crippen LogP contribution in [0.2, 0.25) is 0 Å². The van der Waals surface area contributed by atoms with Gasteiger partial charge in [0, 0.05) is 6.42 Å². The molecule has 0 heterocycles. The summed E-state index contributed by atoms with van der Waals surface area (Å²) in [5.74, 6) is -3.43. The highest BCUT2D eigenvalue weighted by molar-refractivity contribution is 5.83. The molecule has 0 amide bonds. The second-order valence-electron chi connectivity index (χ2n) is 2.35. The number of carboxylic acid groups (broad SMARTS) is 1. The molecule has 0 atom stereocenters. The van der Waals surface area contributed by atoms with E-state index in [2.05, 4.69) is 0 Å². The molecule has 0 radical (unpaired) electrons. The van der Waals surface area contributed by atoms with E-state index in [1.54, 1.807) is 0 Å². The molecule has 0 fully saturated rings. The van der Waals surface area contributed by atoms with Gasteiger partial charge >= 0.3 is 0 Å². The molecule has 0 saturated carbocycles. The van der Waals surface area contributed by atoms with Gasteiger partial charge in [-0.25, -0.2) is 0 Å². The van der Waals surface area contributed by atoms with Crippen molar-refractivity contribution >= 4 is 5.97 Å². The van der Waals surface area contributed by atoms with Gasteiger partial charge in [0.15, 0.2) is 5.79 Å². The lowest BCUT2D eigenvalue weighted by atomic mass is 10.1. The van der Waals surface area contributed by atoms with Crippen LogP contribution in [-0.4, -0.2) is 22.0 Å². The molecule has 11 heavy (non-hydrogen) atoms. The molecule has 0 rings (SSSR count). The third-order valence-corrected chi connectivity index (χ3v) is 1.29. The molecule has 64 valence electrons. The quantitative estimate of drug-likeness (QED) is 0.399. The summed E-state index contributed by atoms with van der Waals surface area (Å²) in [6.45, 7) is 2.77. The van der Waals surface area contributed by atoms with Gasteiger partial charge in [-0.2, -0.15) is 0 Å². The van der Waals surface area contributed by atoms with Crippen molar-refractivity contribution in [1.82, 2.24) is 0 Å². The zero-order valence-corrected chi connectivity index (χ0v) is 6.50. The summed E-state index contributed by atoms with van der Waals surface area (Å²) in [5.41, 5.74) is -0.183. The van der Waals surface area contributed by atoms with Gasteiger partial charge in [0.1, 0.15) is 0 Å². The van der Waals surface area contributed by atoms with Crippen LogP contribution in [0.15, 0.2) is 11.6 Å². The van der Waals surface area contributed by atoms with Crippen LogP contribution >= 0.6 is 0 Å². The van der Waals surface area contributed by atoms with Gasteiger partial charge in [0.25, 0.3) is 0 Å². The number of rotatable bonds is 3. The second-order valence-corrected chi connectivity index (χ2v) is 2.35. The van der Waals surface area contributed by atoms with E-state index in [-0.39, 0.29) is 12.0 Å². The summed E-state index contributed by atoms with van der Waals surface area (Å²) in [4.78, 5) is 10.1. The lowest BCUT2D eigenvalue weighted by Crippen LogP contribution is -2.29. The molecule has 4 nitrogen and oxygen atoms in total. The molecule has 2 N–H and O–H groups in total. The number of hydrogen-bond acceptors (Lipinski definition) is 4. The zero-order valence-electron chi connectivity index (χ0n) is 6.50. The first-order valence-electron chi connectivity index (χ1n) is 3.24. The topological polar surface area (TPSA) is 80.6 Å². The fraction of sp³-hybridized carbons (Fsp3) is 0.571. The Morgan fingerprint density at radius 2 is 2.09 bits per heavy atom. The van der Waals surface area contributed by atoms with E-state index in [4.69, 9.17) is 10.2 Å². The molecule has 0 aromatic rings. The second kappa shape index (κ2) is 3.50. The summed E-state index contributed by atoms with van der Waals surface area (Å²) in [6, 6.07) is 0. The molecule has 0 spiro atoms. The standard InChI is InChI=1S/C7H12O4/c1-3-7(10,11)4-5(2)6(8)9/h4,10-11H,3H2,1-2H3,(H,8,9)/p-1/b5-4+. The van der Waals surface area contributed by atoms with Gasteiger partial charge in [-0.05, 0) is 18.6 Å². The highest BCUT2D eigenvalue weighted by Crippen LogP contribution is 2.09. The van der Waals surface area contributed by atoms with E-state index < -0.39 is 11.8 Å². The molecular formula is C7H11O4-. The third kappa shape index (κ3) is 3.75. The van der Waals surface area contributed by atoms with E-state index in [9.17, 15) is 9.90 Å². The summed E-state index contributed by atoms with van der Waals surface area (Å²) in [5, 5.41) is 28.0. The Hall–Kier alpha value is -0.870. The van der Waals surface area contributed by atoms with Crippen molar-refractivity contribution in [2.75, 3.05) is 0 Å². The highest BCUT2D eigenvalue weighted by Gasteiger charge is 2.16. The zero-order chi connectivity index (χ0) is 9.07. The average molecular weight is 159 g/mol. The molecular weight excluding hydrogens is 148 g/mol. The van der Waals surface area contributed by atoms with E-state index >= 15 is 0 Å². The number of carboxylic acids is 1. The van der Waals surface area contributed by atoms with Crippen molar-refractivity contribution in [3.05, 3.63) is 11.6 Å². The molecule has 4 heteroatoms. The van der Waals surface area contributed by atoms with E-state index in [1.807, 2.05) is 0 Å². The van der Waals surface area contributed by atoms with Gasteiger partial charge in [-0.1, -0.05) is 6.92 Å². The van der Waals surface area contributed by atoms with E-state index in [0.717, 1.165) is 6.08 Å². The maximum Gasteiger partial charge on any atom is 0.182 e. The average Bonchev–Trinajstić information content (AvgIpc) is 1.87. The Labute approximate surface area is 64.8 Å². The molecule has 0 aromatic carbocycles. The molecule has 0 aromatic heterocycles. The van der Waals surface area contributed by atoms with Crippen molar-refractivity contribution in [2.45, 2.75) is 26.1 Å². The fourth-order valence-corrected chi connectivity index (χ4v) is 0.508. The van der Waals surface area contributed by atoms with Crippen LogP contribution in [0.5, 0.6) is 0 Å². The lowest BCUT2D eigenvalue weighted by molar-refractivity contribution is -0.299. The van der Waals surface area contributed by atoms with E-state index in [0.29, 0.717) is 0 Å². The number of hydrogen-bond donors (Lipinski definition) is 2. The minimum atomic E-state index is -2.04. The summed E-state index contributed by atoms with van der Waals surface area (Å²) in [6.07, 6.45) is 0.889. The van der Waals surface area contributed by atoms with Crippen LogP contribution < -0.4 is 5.11 Å². The summed E-state index contributed by atoms with van der Waals surface area (Å²) >= 11 is 0. The Bertz CT molecular complexity index is 181. The largest absolute Gasteiger partial charge is 0.545 e. The Morgan fingerprint density at radius 1 is 1.64 bits per heavy atom. The van der Waals surface area contributed by atoms with Crippen molar-refractivity contribution in [2.24, 2.45) is 0 Å². The smallest absolute Gasteiger partial charge is 0.182 e. The molecule has 0 bridgehead atoms. The lowest BCUT2D eigenvalue weighted by Gasteiger charge is -2.16. The fourth-order valence-electron chi connectivity index (χ4n) is 0.508. The monoisotopic (exact) mass is 159 g/mol. The van der Waals surface area contributed by atoms with Crippen LogP contribution in [0.25, 0.3) is 0 Å². The maximum absolute atomic E-state index is 10.1. The molecule has 0 aliphatic rings. The Morgan fingerprint density at radius 3 is 2.36 bits per heavy atom. The van der Waals surface area contributed by atoms with Gasteiger partial charge in [-0.3, -0.25) is 0 Å². The number of carbonyl (C=O) groups excluding carboxylic acids is 1. The summed E-state index contributed by atoms with van der Waals surface area (Å²) in [7, 11) is 0. The Balaban J connectivity index is 4.41. The summed E-state index contributed by atoms with van der Waals surface area (Å²) < 4.78 is 0. The van der Waals surface area contributed by atoms with Crippen molar-refractivity contribution in [3.63, 3.8) is 0 Å². The van der Waals surface area contributed by atoms with Gasteiger partial charge < -0.3 is 20.1 Å². The molecule has 0 aliphatic heterocycles. The predicted octanol–water partition coefficient (Wildman–Crippen LogP) is -1.23. The first-order valence-corrected chi connectivity index (χ1v) is 3.24. The van der Waals surface area contributed by atoms with Crippen LogP contribution in [0, 0.1) is 0 Å². The van der Waals surface area contributed by atoms with Gasteiger partial charge in [0.2, 0.25) is 0 Å². The normalized spacial score (nSPS) is 13.3. The first kappa shape index (κ1) is 10.1. The van der Waals surface area contributed by atoms with Gasteiger partial charge in [-0.15, -0.1) is 0 Å². The highest BCUT2D eigenvalue weighted by atomic mass is 16.5. The maximum atomic E-state index is 10.1.